The Kier molecular flexibility index (Phi) is 6.71. The summed E-state index contributed by atoms with van der Waals surface area (Å²) in [6, 6.07) is 7.88. The second-order valence-corrected chi connectivity index (χ2v) is 7.08. The highest BCUT2D eigenvalue weighted by Crippen LogP contribution is 2.22. The Morgan fingerprint density at radius 1 is 1.21 bits per heavy atom. The molecular weight excluding hydrogens is 354 g/mol. The van der Waals surface area contributed by atoms with Crippen molar-refractivity contribution in [3.63, 3.8) is 0 Å². The smallest absolute Gasteiger partial charge is 0.273 e. The molecule has 1 unspecified atom stereocenters. The van der Waals surface area contributed by atoms with Gasteiger partial charge in [-0.2, -0.15) is 0 Å². The van der Waals surface area contributed by atoms with Crippen LogP contribution in [0.5, 0.6) is 0 Å². The van der Waals surface area contributed by atoms with E-state index in [1.807, 2.05) is 12.1 Å². The van der Waals surface area contributed by atoms with Crippen LogP contribution in [-0.2, 0) is 22.4 Å². The lowest BCUT2D eigenvalue weighted by molar-refractivity contribution is -0.122. The van der Waals surface area contributed by atoms with Crippen molar-refractivity contribution in [2.45, 2.75) is 51.1 Å². The molecule has 28 heavy (non-hydrogen) atoms. The highest BCUT2D eigenvalue weighted by Gasteiger charge is 2.26. The lowest BCUT2D eigenvalue weighted by Crippen LogP contribution is -2.46. The zero-order chi connectivity index (χ0) is 19.9. The summed E-state index contributed by atoms with van der Waals surface area (Å²) >= 11 is 0. The summed E-state index contributed by atoms with van der Waals surface area (Å²) in [7, 11) is 0. The fourth-order valence-corrected chi connectivity index (χ4v) is 3.72. The molecule has 148 valence electrons. The lowest BCUT2D eigenvalue weighted by Gasteiger charge is -2.22. The van der Waals surface area contributed by atoms with E-state index in [9.17, 15) is 9.59 Å². The van der Waals surface area contributed by atoms with Crippen LogP contribution in [0.3, 0.4) is 0 Å². The first kappa shape index (κ1) is 19.9. The minimum atomic E-state index is -0.366. The molecule has 1 fully saturated rings. The van der Waals surface area contributed by atoms with Crippen molar-refractivity contribution in [2.24, 2.45) is 9.98 Å². The summed E-state index contributed by atoms with van der Waals surface area (Å²) in [6.45, 7) is 6.03. The Labute approximate surface area is 165 Å². The van der Waals surface area contributed by atoms with Crippen molar-refractivity contribution in [2.75, 3.05) is 6.54 Å². The van der Waals surface area contributed by atoms with Gasteiger partial charge in [0.2, 0.25) is 5.91 Å². The molecule has 1 aliphatic carbocycles. The lowest BCUT2D eigenvalue weighted by atomic mass is 10.0. The summed E-state index contributed by atoms with van der Waals surface area (Å²) in [4.78, 5) is 33.4. The first-order valence-electron chi connectivity index (χ1n) is 9.74. The average molecular weight is 381 g/mol. The monoisotopic (exact) mass is 381 g/mol. The molecule has 1 heterocycles. The number of hydrogen-bond donors (Lipinski definition) is 3. The Bertz CT molecular complexity index is 784. The SMILES string of the molecule is C=N/C(NC(=O)C1CCCCN1)=C(\N=CC)C(=O)NC1Cc2ccccc2C1. The third kappa shape index (κ3) is 4.72. The molecule has 1 aromatic carbocycles. The van der Waals surface area contributed by atoms with E-state index in [4.69, 9.17) is 0 Å². The zero-order valence-corrected chi connectivity index (χ0v) is 16.2. The summed E-state index contributed by atoms with van der Waals surface area (Å²) in [5.74, 6) is -0.495. The Morgan fingerprint density at radius 2 is 1.93 bits per heavy atom. The van der Waals surface area contributed by atoms with Crippen LogP contribution >= 0.6 is 0 Å². The molecule has 0 saturated carbocycles. The molecule has 0 radical (unpaired) electrons. The second kappa shape index (κ2) is 9.41. The molecule has 2 aliphatic rings. The summed E-state index contributed by atoms with van der Waals surface area (Å²) < 4.78 is 0. The van der Waals surface area contributed by atoms with Crippen molar-refractivity contribution in [3.8, 4) is 0 Å². The van der Waals surface area contributed by atoms with Gasteiger partial charge in [-0.3, -0.25) is 14.6 Å². The van der Waals surface area contributed by atoms with Gasteiger partial charge in [-0.05, 0) is 57.0 Å². The van der Waals surface area contributed by atoms with Gasteiger partial charge in [-0.25, -0.2) is 4.99 Å². The fourth-order valence-electron chi connectivity index (χ4n) is 3.72. The number of carbonyl (C=O) groups is 2. The van der Waals surface area contributed by atoms with E-state index >= 15 is 0 Å². The maximum atomic E-state index is 12.9. The molecule has 1 saturated heterocycles. The van der Waals surface area contributed by atoms with Crippen LogP contribution in [0.25, 0.3) is 0 Å². The van der Waals surface area contributed by atoms with Gasteiger partial charge in [-0.15, -0.1) is 0 Å². The van der Waals surface area contributed by atoms with Crippen LogP contribution in [0.2, 0.25) is 0 Å². The number of amides is 2. The average Bonchev–Trinajstić information content (AvgIpc) is 3.13. The molecule has 7 nitrogen and oxygen atoms in total. The van der Waals surface area contributed by atoms with Crippen molar-refractivity contribution >= 4 is 24.7 Å². The van der Waals surface area contributed by atoms with Crippen LogP contribution in [0, 0.1) is 0 Å². The predicted octanol–water partition coefficient (Wildman–Crippen LogP) is 1.49. The van der Waals surface area contributed by atoms with Crippen LogP contribution in [0.15, 0.2) is 45.8 Å². The van der Waals surface area contributed by atoms with Crippen LogP contribution in [-0.4, -0.2) is 43.4 Å². The minimum Gasteiger partial charge on any atom is -0.347 e. The van der Waals surface area contributed by atoms with Gasteiger partial charge in [0.05, 0.1) is 6.04 Å². The third-order valence-corrected chi connectivity index (χ3v) is 5.11. The Morgan fingerprint density at radius 3 is 2.50 bits per heavy atom. The van der Waals surface area contributed by atoms with Crippen molar-refractivity contribution in [1.82, 2.24) is 16.0 Å². The molecule has 0 aromatic heterocycles. The summed E-state index contributed by atoms with van der Waals surface area (Å²) in [6.07, 6.45) is 5.88. The Hall–Kier alpha value is -2.80. The number of rotatable bonds is 6. The molecule has 3 N–H and O–H groups in total. The van der Waals surface area contributed by atoms with Gasteiger partial charge in [0.15, 0.2) is 11.5 Å². The van der Waals surface area contributed by atoms with Crippen LogP contribution in [0.1, 0.15) is 37.3 Å². The van der Waals surface area contributed by atoms with Crippen LogP contribution in [0.4, 0.5) is 0 Å². The number of nitrogens with one attached hydrogen (secondary N) is 3. The quantitative estimate of drug-likeness (QED) is 0.515. The molecule has 1 aromatic rings. The summed E-state index contributed by atoms with van der Waals surface area (Å²) in [5.41, 5.74) is 2.56. The fraction of sp³-hybridized carbons (Fsp3) is 0.429. The van der Waals surface area contributed by atoms with Crippen molar-refractivity contribution < 1.29 is 9.59 Å². The summed E-state index contributed by atoms with van der Waals surface area (Å²) in [5, 5.41) is 8.91. The topological polar surface area (TPSA) is 94.9 Å². The number of carbonyl (C=O) groups excluding carboxylic acids is 2. The highest BCUT2D eigenvalue weighted by atomic mass is 16.2. The van der Waals surface area contributed by atoms with E-state index < -0.39 is 0 Å². The number of fused-ring (bicyclic) bond motifs is 1. The standard InChI is InChI=1S/C21H27N5O2/c1-3-23-18(19(22-2)26-20(27)17-10-6-7-11-24-17)21(28)25-16-12-14-8-4-5-9-15(14)13-16/h3-5,8-9,16-17,24H,2,6-7,10-13H2,1H3,(H,25,28)(H,26,27)/b19-18+,23-3?. The van der Waals surface area contributed by atoms with Crippen molar-refractivity contribution in [3.05, 3.63) is 46.9 Å². The zero-order valence-electron chi connectivity index (χ0n) is 16.2. The van der Waals surface area contributed by atoms with E-state index in [0.717, 1.165) is 38.6 Å². The number of benzene rings is 1. The van der Waals surface area contributed by atoms with Gasteiger partial charge >= 0.3 is 0 Å². The van der Waals surface area contributed by atoms with Crippen molar-refractivity contribution in [1.29, 1.82) is 0 Å². The van der Waals surface area contributed by atoms with Gasteiger partial charge in [0.25, 0.3) is 5.91 Å². The molecule has 7 heteroatoms. The molecule has 2 amide bonds. The second-order valence-electron chi connectivity index (χ2n) is 7.08. The number of nitrogens with zero attached hydrogens (tertiary/aromatic N) is 2. The van der Waals surface area contributed by atoms with E-state index in [2.05, 4.69) is 44.8 Å². The van der Waals surface area contributed by atoms with Gasteiger partial charge in [0.1, 0.15) is 0 Å². The largest absolute Gasteiger partial charge is 0.347 e. The first-order chi connectivity index (χ1) is 13.6. The van der Waals surface area contributed by atoms with E-state index in [1.165, 1.54) is 17.3 Å². The molecule has 0 spiro atoms. The van der Waals surface area contributed by atoms with Crippen LogP contribution < -0.4 is 16.0 Å². The highest BCUT2D eigenvalue weighted by molar-refractivity contribution is 5.96. The number of piperidine rings is 1. The minimum absolute atomic E-state index is 0.00580. The first-order valence-corrected chi connectivity index (χ1v) is 9.74. The van der Waals surface area contributed by atoms with Gasteiger partial charge in [0, 0.05) is 12.3 Å². The molecular formula is C21H27N5O2. The number of aliphatic imine (C=N–C) groups is 2. The molecule has 3 rings (SSSR count). The maximum absolute atomic E-state index is 12.9. The molecule has 1 aliphatic heterocycles. The maximum Gasteiger partial charge on any atom is 0.273 e. The number of hydrogen-bond acceptors (Lipinski definition) is 5. The molecule has 0 bridgehead atoms. The van der Waals surface area contributed by atoms with Gasteiger partial charge in [-0.1, -0.05) is 30.7 Å². The normalized spacial score (nSPS) is 20.4. The van der Waals surface area contributed by atoms with Gasteiger partial charge < -0.3 is 16.0 Å². The Balaban J connectivity index is 1.71. The predicted molar refractivity (Wildman–Crippen MR) is 110 cm³/mol. The van der Waals surface area contributed by atoms with E-state index in [1.54, 1.807) is 6.92 Å². The molecule has 1 atom stereocenters. The van der Waals surface area contributed by atoms with E-state index in [-0.39, 0.29) is 35.4 Å². The third-order valence-electron chi connectivity index (χ3n) is 5.11. The van der Waals surface area contributed by atoms with E-state index in [0.29, 0.717) is 0 Å².